The summed E-state index contributed by atoms with van der Waals surface area (Å²) in [6, 6.07) is 8.24. The van der Waals surface area contributed by atoms with Crippen molar-refractivity contribution in [2.24, 2.45) is 5.92 Å². The maximum atomic E-state index is 11.9. The summed E-state index contributed by atoms with van der Waals surface area (Å²) in [6.45, 7) is 5.52. The largest absolute Gasteiger partial charge is 0.350 e. The maximum absolute atomic E-state index is 11.9. The zero-order chi connectivity index (χ0) is 14.6. The predicted octanol–water partition coefficient (Wildman–Crippen LogP) is 2.89. The minimum atomic E-state index is -0.230. The van der Waals surface area contributed by atoms with Crippen LogP contribution in [0.5, 0.6) is 0 Å². The van der Waals surface area contributed by atoms with Crippen LogP contribution in [0.25, 0.3) is 0 Å². The normalized spacial score (nSPS) is 15.2. The number of amides is 1. The molecule has 110 valence electrons. The molecule has 0 atom stereocenters. The highest BCUT2D eigenvalue weighted by atomic mass is 79.9. The Bertz CT molecular complexity index is 452. The van der Waals surface area contributed by atoms with Gasteiger partial charge in [0.05, 0.1) is 6.54 Å². The van der Waals surface area contributed by atoms with Gasteiger partial charge in [-0.3, -0.25) is 4.79 Å². The molecule has 0 saturated heterocycles. The Hall–Kier alpha value is -0.870. The van der Waals surface area contributed by atoms with Gasteiger partial charge in [-0.1, -0.05) is 28.1 Å². The van der Waals surface area contributed by atoms with Gasteiger partial charge in [0.1, 0.15) is 0 Å². The van der Waals surface area contributed by atoms with Crippen LogP contribution < -0.4 is 10.6 Å². The van der Waals surface area contributed by atoms with Crippen molar-refractivity contribution in [3.05, 3.63) is 34.3 Å². The molecule has 1 aliphatic rings. The van der Waals surface area contributed by atoms with Crippen LogP contribution in [0.2, 0.25) is 0 Å². The Kier molecular flexibility index (Phi) is 5.22. The van der Waals surface area contributed by atoms with Gasteiger partial charge in [-0.05, 0) is 63.3 Å². The van der Waals surface area contributed by atoms with Gasteiger partial charge in [0.15, 0.2) is 0 Å². The van der Waals surface area contributed by atoms with Gasteiger partial charge in [0, 0.05) is 10.0 Å². The van der Waals surface area contributed by atoms with Crippen LogP contribution in [0.3, 0.4) is 0 Å². The molecule has 0 bridgehead atoms. The van der Waals surface area contributed by atoms with Crippen LogP contribution in [-0.2, 0) is 11.2 Å². The number of carbonyl (C=O) groups excluding carboxylic acids is 1. The summed E-state index contributed by atoms with van der Waals surface area (Å²) in [5.41, 5.74) is 0.996. The van der Waals surface area contributed by atoms with Crippen molar-refractivity contribution in [3.63, 3.8) is 0 Å². The van der Waals surface area contributed by atoms with Gasteiger partial charge in [0.25, 0.3) is 0 Å². The topological polar surface area (TPSA) is 41.1 Å². The van der Waals surface area contributed by atoms with E-state index in [1.54, 1.807) is 0 Å². The van der Waals surface area contributed by atoms with Gasteiger partial charge in [-0.15, -0.1) is 0 Å². The van der Waals surface area contributed by atoms with Crippen LogP contribution in [0.4, 0.5) is 0 Å². The Labute approximate surface area is 129 Å². The summed E-state index contributed by atoms with van der Waals surface area (Å²) >= 11 is 3.43. The summed E-state index contributed by atoms with van der Waals surface area (Å²) in [5.74, 6) is 0.881. The molecule has 4 heteroatoms. The fourth-order valence-electron chi connectivity index (χ4n) is 2.29. The van der Waals surface area contributed by atoms with Crippen molar-refractivity contribution in [2.45, 2.75) is 38.6 Å². The third-order valence-corrected chi connectivity index (χ3v) is 3.98. The molecular formula is C16H23BrN2O. The Morgan fingerprint density at radius 2 is 1.95 bits per heavy atom. The van der Waals surface area contributed by atoms with Crippen molar-refractivity contribution in [1.82, 2.24) is 10.6 Å². The molecule has 1 aliphatic carbocycles. The molecule has 3 nitrogen and oxygen atoms in total. The molecule has 1 aromatic rings. The summed E-state index contributed by atoms with van der Waals surface area (Å²) in [4.78, 5) is 11.9. The number of carbonyl (C=O) groups is 1. The predicted molar refractivity (Wildman–Crippen MR) is 85.7 cm³/mol. The van der Waals surface area contributed by atoms with Crippen molar-refractivity contribution >= 4 is 21.8 Å². The van der Waals surface area contributed by atoms with E-state index in [0.29, 0.717) is 6.54 Å². The van der Waals surface area contributed by atoms with Crippen LogP contribution in [-0.4, -0.2) is 24.5 Å². The Morgan fingerprint density at radius 3 is 2.55 bits per heavy atom. The molecule has 1 saturated carbocycles. The van der Waals surface area contributed by atoms with E-state index in [4.69, 9.17) is 0 Å². The number of rotatable bonds is 7. The van der Waals surface area contributed by atoms with Crippen molar-refractivity contribution in [1.29, 1.82) is 0 Å². The van der Waals surface area contributed by atoms with Gasteiger partial charge in [0.2, 0.25) is 5.91 Å². The standard InChI is InChI=1S/C16H23BrN2O/c1-16(2,9-12-5-7-14(17)8-6-12)19-15(20)11-18-10-13-3-4-13/h5-8,13,18H,3-4,9-11H2,1-2H3,(H,19,20). The number of nitrogens with one attached hydrogen (secondary N) is 2. The molecule has 0 spiro atoms. The fraction of sp³-hybridized carbons (Fsp3) is 0.562. The van der Waals surface area contributed by atoms with Crippen LogP contribution in [0, 0.1) is 5.92 Å². The summed E-state index contributed by atoms with van der Waals surface area (Å²) in [7, 11) is 0. The molecule has 0 radical (unpaired) electrons. The van der Waals surface area contributed by atoms with Crippen LogP contribution in [0.1, 0.15) is 32.3 Å². The van der Waals surface area contributed by atoms with E-state index in [-0.39, 0.29) is 11.4 Å². The highest BCUT2D eigenvalue weighted by Crippen LogP contribution is 2.27. The number of hydrogen-bond donors (Lipinski definition) is 2. The van der Waals surface area contributed by atoms with Crippen LogP contribution >= 0.6 is 15.9 Å². The lowest BCUT2D eigenvalue weighted by atomic mass is 9.95. The molecular weight excluding hydrogens is 316 g/mol. The molecule has 0 heterocycles. The number of hydrogen-bond acceptors (Lipinski definition) is 2. The maximum Gasteiger partial charge on any atom is 0.234 e. The van der Waals surface area contributed by atoms with Crippen LogP contribution in [0.15, 0.2) is 28.7 Å². The highest BCUT2D eigenvalue weighted by Gasteiger charge is 2.23. The third-order valence-electron chi connectivity index (χ3n) is 3.45. The fourth-order valence-corrected chi connectivity index (χ4v) is 2.55. The van der Waals surface area contributed by atoms with E-state index < -0.39 is 0 Å². The molecule has 1 amide bonds. The van der Waals surface area contributed by atoms with E-state index in [2.05, 4.69) is 52.5 Å². The monoisotopic (exact) mass is 338 g/mol. The van der Waals surface area contributed by atoms with Crippen molar-refractivity contribution < 1.29 is 4.79 Å². The molecule has 1 fully saturated rings. The molecule has 20 heavy (non-hydrogen) atoms. The smallest absolute Gasteiger partial charge is 0.234 e. The summed E-state index contributed by atoms with van der Waals surface area (Å²) < 4.78 is 1.08. The first kappa shape index (κ1) is 15.5. The van der Waals surface area contributed by atoms with Crippen molar-refractivity contribution in [2.75, 3.05) is 13.1 Å². The molecule has 1 aromatic carbocycles. The van der Waals surface area contributed by atoms with Gasteiger partial charge in [-0.25, -0.2) is 0 Å². The number of halogens is 1. The van der Waals surface area contributed by atoms with E-state index in [1.165, 1.54) is 18.4 Å². The highest BCUT2D eigenvalue weighted by molar-refractivity contribution is 9.10. The average Bonchev–Trinajstić information content (AvgIpc) is 3.15. The third kappa shape index (κ3) is 5.63. The second kappa shape index (κ2) is 6.72. The quantitative estimate of drug-likeness (QED) is 0.802. The lowest BCUT2D eigenvalue weighted by Gasteiger charge is -2.26. The Morgan fingerprint density at radius 1 is 1.30 bits per heavy atom. The SMILES string of the molecule is CC(C)(Cc1ccc(Br)cc1)NC(=O)CNCC1CC1. The average molecular weight is 339 g/mol. The second-order valence-electron chi connectivity index (χ2n) is 6.31. The number of benzene rings is 1. The minimum Gasteiger partial charge on any atom is -0.350 e. The van der Waals surface area contributed by atoms with E-state index in [0.717, 1.165) is 23.4 Å². The van der Waals surface area contributed by atoms with E-state index >= 15 is 0 Å². The zero-order valence-corrected chi connectivity index (χ0v) is 13.8. The first-order chi connectivity index (χ1) is 9.44. The van der Waals surface area contributed by atoms with Gasteiger partial charge >= 0.3 is 0 Å². The van der Waals surface area contributed by atoms with E-state index in [9.17, 15) is 4.79 Å². The molecule has 2 rings (SSSR count). The first-order valence-electron chi connectivity index (χ1n) is 7.21. The lowest BCUT2D eigenvalue weighted by molar-refractivity contribution is -0.121. The summed E-state index contributed by atoms with van der Waals surface area (Å²) in [5, 5.41) is 6.32. The molecule has 2 N–H and O–H groups in total. The zero-order valence-electron chi connectivity index (χ0n) is 12.2. The minimum absolute atomic E-state index is 0.0766. The van der Waals surface area contributed by atoms with Gasteiger partial charge in [-0.2, -0.15) is 0 Å². The van der Waals surface area contributed by atoms with Gasteiger partial charge < -0.3 is 10.6 Å². The molecule has 0 unspecified atom stereocenters. The first-order valence-corrected chi connectivity index (χ1v) is 8.00. The molecule has 0 aromatic heterocycles. The summed E-state index contributed by atoms with van der Waals surface area (Å²) in [6.07, 6.45) is 3.45. The van der Waals surface area contributed by atoms with Crippen molar-refractivity contribution in [3.8, 4) is 0 Å². The second-order valence-corrected chi connectivity index (χ2v) is 7.23. The van der Waals surface area contributed by atoms with E-state index in [1.807, 2.05) is 12.1 Å². The molecule has 0 aliphatic heterocycles. The Balaban J connectivity index is 1.76. The lowest BCUT2D eigenvalue weighted by Crippen LogP contribution is -2.48.